The summed E-state index contributed by atoms with van der Waals surface area (Å²) in [6, 6.07) is 0. The molecule has 0 radical (unpaired) electrons. The molecule has 0 saturated carbocycles. The van der Waals surface area contributed by atoms with Crippen LogP contribution >= 0.6 is 0 Å². The van der Waals surface area contributed by atoms with Gasteiger partial charge < -0.3 is 14.7 Å². The van der Waals surface area contributed by atoms with E-state index in [9.17, 15) is 4.79 Å². The zero-order valence-electron chi connectivity index (χ0n) is 8.27. The number of nitrogens with zero attached hydrogens (tertiary/aromatic N) is 1. The molecule has 1 fully saturated rings. The van der Waals surface area contributed by atoms with E-state index < -0.39 is 6.10 Å². The highest BCUT2D eigenvalue weighted by Gasteiger charge is 2.29. The van der Waals surface area contributed by atoms with E-state index in [4.69, 9.17) is 16.3 Å². The third kappa shape index (κ3) is 2.64. The summed E-state index contributed by atoms with van der Waals surface area (Å²) in [5.74, 6) is 2.23. The second-order valence-corrected chi connectivity index (χ2v) is 3.30. The quantitative estimate of drug-likeness (QED) is 0.671. The van der Waals surface area contributed by atoms with Crippen LogP contribution in [-0.2, 0) is 4.74 Å². The highest BCUT2D eigenvalue weighted by Crippen LogP contribution is 2.15. The fourth-order valence-electron chi connectivity index (χ4n) is 1.41. The molecule has 0 aromatic rings. The summed E-state index contributed by atoms with van der Waals surface area (Å²) in [5, 5.41) is 9.12. The Morgan fingerprint density at radius 1 is 1.86 bits per heavy atom. The maximum absolute atomic E-state index is 11.1. The normalized spacial score (nSPS) is 23.1. The van der Waals surface area contributed by atoms with Crippen LogP contribution in [-0.4, -0.2) is 41.4 Å². The van der Waals surface area contributed by atoms with Crippen LogP contribution in [0, 0.1) is 12.3 Å². The van der Waals surface area contributed by atoms with Gasteiger partial charge in [0.05, 0.1) is 6.54 Å². The van der Waals surface area contributed by atoms with Gasteiger partial charge in [-0.25, -0.2) is 4.79 Å². The number of hydrogen-bond acceptors (Lipinski definition) is 3. The van der Waals surface area contributed by atoms with Gasteiger partial charge in [0.1, 0.15) is 12.2 Å². The lowest BCUT2D eigenvalue weighted by Crippen LogP contribution is -2.24. The number of carbonyl (C=O) groups excluding carboxylic acids is 1. The SMILES string of the molecule is C#CC(O)CCC1CN(CC)C(=O)O1. The van der Waals surface area contributed by atoms with Crippen molar-refractivity contribution in [2.75, 3.05) is 13.1 Å². The van der Waals surface area contributed by atoms with Crippen molar-refractivity contribution in [3.8, 4) is 12.3 Å². The predicted molar refractivity (Wildman–Crippen MR) is 51.6 cm³/mol. The van der Waals surface area contributed by atoms with E-state index in [1.54, 1.807) is 4.90 Å². The number of aliphatic hydroxyl groups is 1. The van der Waals surface area contributed by atoms with Crippen molar-refractivity contribution >= 4 is 6.09 Å². The number of rotatable bonds is 4. The summed E-state index contributed by atoms with van der Waals surface area (Å²) in [5.41, 5.74) is 0. The highest BCUT2D eigenvalue weighted by atomic mass is 16.6. The predicted octanol–water partition coefficient (Wildman–Crippen LogP) is 0.601. The van der Waals surface area contributed by atoms with Gasteiger partial charge in [0, 0.05) is 6.54 Å². The van der Waals surface area contributed by atoms with Crippen molar-refractivity contribution < 1.29 is 14.6 Å². The Bertz CT molecular complexity index is 246. The van der Waals surface area contributed by atoms with Gasteiger partial charge in [-0.3, -0.25) is 0 Å². The summed E-state index contributed by atoms with van der Waals surface area (Å²) in [4.78, 5) is 12.8. The van der Waals surface area contributed by atoms with Gasteiger partial charge in [0.25, 0.3) is 0 Å². The zero-order chi connectivity index (χ0) is 10.6. The van der Waals surface area contributed by atoms with E-state index in [0.29, 0.717) is 25.9 Å². The third-order valence-electron chi connectivity index (χ3n) is 2.29. The number of amides is 1. The molecule has 0 aliphatic carbocycles. The molecule has 1 rings (SSSR count). The zero-order valence-corrected chi connectivity index (χ0v) is 8.27. The molecule has 0 bridgehead atoms. The smallest absolute Gasteiger partial charge is 0.410 e. The molecule has 14 heavy (non-hydrogen) atoms. The van der Waals surface area contributed by atoms with Crippen LogP contribution in [0.5, 0.6) is 0 Å². The Labute approximate surface area is 83.8 Å². The number of terminal acetylenes is 1. The Morgan fingerprint density at radius 2 is 2.57 bits per heavy atom. The topological polar surface area (TPSA) is 49.8 Å². The van der Waals surface area contributed by atoms with Crippen LogP contribution in [0.3, 0.4) is 0 Å². The summed E-state index contributed by atoms with van der Waals surface area (Å²) in [6.07, 6.45) is 4.99. The van der Waals surface area contributed by atoms with Gasteiger partial charge in [-0.2, -0.15) is 0 Å². The molecule has 0 aromatic heterocycles. The molecular formula is C10H15NO3. The number of carbonyl (C=O) groups is 1. The summed E-state index contributed by atoms with van der Waals surface area (Å²) < 4.78 is 5.07. The average Bonchev–Trinajstić information content (AvgIpc) is 2.55. The van der Waals surface area contributed by atoms with E-state index in [-0.39, 0.29) is 12.2 Å². The van der Waals surface area contributed by atoms with Crippen LogP contribution < -0.4 is 0 Å². The minimum Gasteiger partial charge on any atom is -0.444 e. The molecule has 0 spiro atoms. The van der Waals surface area contributed by atoms with E-state index in [1.165, 1.54) is 0 Å². The van der Waals surface area contributed by atoms with E-state index >= 15 is 0 Å². The maximum Gasteiger partial charge on any atom is 0.410 e. The molecule has 1 amide bonds. The molecule has 78 valence electrons. The standard InChI is InChI=1S/C10H15NO3/c1-3-8(12)5-6-9-7-11(4-2)10(13)14-9/h1,8-9,12H,4-7H2,2H3. The largest absolute Gasteiger partial charge is 0.444 e. The van der Waals surface area contributed by atoms with Gasteiger partial charge >= 0.3 is 6.09 Å². The van der Waals surface area contributed by atoms with Crippen LogP contribution in [0.4, 0.5) is 4.79 Å². The Balaban J connectivity index is 2.29. The first kappa shape index (κ1) is 10.9. The van der Waals surface area contributed by atoms with Crippen LogP contribution in [0.15, 0.2) is 0 Å². The van der Waals surface area contributed by atoms with Crippen LogP contribution in [0.2, 0.25) is 0 Å². The lowest BCUT2D eigenvalue weighted by atomic mass is 10.1. The van der Waals surface area contributed by atoms with Crippen molar-refractivity contribution in [3.05, 3.63) is 0 Å². The minimum absolute atomic E-state index is 0.120. The molecule has 1 aliphatic heterocycles. The third-order valence-corrected chi connectivity index (χ3v) is 2.29. The van der Waals surface area contributed by atoms with Crippen molar-refractivity contribution in [2.45, 2.75) is 32.0 Å². The van der Waals surface area contributed by atoms with E-state index in [2.05, 4.69) is 5.92 Å². The number of aliphatic hydroxyl groups excluding tert-OH is 1. The number of likely N-dealkylation sites (N-methyl/N-ethyl adjacent to an activating group) is 1. The van der Waals surface area contributed by atoms with Gasteiger partial charge in [0.15, 0.2) is 0 Å². The van der Waals surface area contributed by atoms with Crippen molar-refractivity contribution in [1.82, 2.24) is 4.90 Å². The lowest BCUT2D eigenvalue weighted by Gasteiger charge is -2.09. The highest BCUT2D eigenvalue weighted by molar-refractivity contribution is 5.69. The van der Waals surface area contributed by atoms with Gasteiger partial charge in [-0.15, -0.1) is 6.42 Å². The molecule has 1 heterocycles. The molecule has 4 heteroatoms. The number of cyclic esters (lactones) is 1. The van der Waals surface area contributed by atoms with Crippen molar-refractivity contribution in [2.24, 2.45) is 0 Å². The van der Waals surface area contributed by atoms with Gasteiger partial charge in [-0.05, 0) is 19.8 Å². The Kier molecular flexibility index (Phi) is 3.78. The van der Waals surface area contributed by atoms with E-state index in [1.807, 2.05) is 6.92 Å². The van der Waals surface area contributed by atoms with Crippen LogP contribution in [0.25, 0.3) is 0 Å². The van der Waals surface area contributed by atoms with Crippen molar-refractivity contribution in [3.63, 3.8) is 0 Å². The molecule has 4 nitrogen and oxygen atoms in total. The number of hydrogen-bond donors (Lipinski definition) is 1. The molecule has 1 saturated heterocycles. The van der Waals surface area contributed by atoms with Crippen molar-refractivity contribution in [1.29, 1.82) is 0 Å². The first-order valence-electron chi connectivity index (χ1n) is 4.77. The Morgan fingerprint density at radius 3 is 3.07 bits per heavy atom. The molecule has 0 aromatic carbocycles. The monoisotopic (exact) mass is 197 g/mol. The fraction of sp³-hybridized carbons (Fsp3) is 0.700. The van der Waals surface area contributed by atoms with Crippen LogP contribution in [0.1, 0.15) is 19.8 Å². The number of ether oxygens (including phenoxy) is 1. The summed E-state index contributed by atoms with van der Waals surface area (Å²) >= 11 is 0. The molecule has 1 N–H and O–H groups in total. The summed E-state index contributed by atoms with van der Waals surface area (Å²) in [7, 11) is 0. The average molecular weight is 197 g/mol. The molecule has 2 unspecified atom stereocenters. The first-order valence-corrected chi connectivity index (χ1v) is 4.77. The van der Waals surface area contributed by atoms with E-state index in [0.717, 1.165) is 0 Å². The first-order chi connectivity index (χ1) is 6.67. The maximum atomic E-state index is 11.1. The second kappa shape index (κ2) is 4.87. The summed E-state index contributed by atoms with van der Waals surface area (Å²) in [6.45, 7) is 3.17. The fourth-order valence-corrected chi connectivity index (χ4v) is 1.41. The molecular weight excluding hydrogens is 182 g/mol. The molecule has 2 atom stereocenters. The molecule has 1 aliphatic rings. The lowest BCUT2D eigenvalue weighted by molar-refractivity contribution is 0.119. The second-order valence-electron chi connectivity index (χ2n) is 3.30. The minimum atomic E-state index is -0.732. The Hall–Kier alpha value is -1.21. The van der Waals surface area contributed by atoms with Gasteiger partial charge in [-0.1, -0.05) is 5.92 Å². The van der Waals surface area contributed by atoms with Gasteiger partial charge in [0.2, 0.25) is 0 Å².